The molecule has 0 saturated heterocycles. The molecule has 0 aliphatic heterocycles. The second kappa shape index (κ2) is 5.55. The van der Waals surface area contributed by atoms with Crippen LogP contribution in [0.3, 0.4) is 0 Å². The van der Waals surface area contributed by atoms with E-state index in [1.54, 1.807) is 12.1 Å². The van der Waals surface area contributed by atoms with Gasteiger partial charge in [0.05, 0.1) is 11.1 Å². The van der Waals surface area contributed by atoms with E-state index in [4.69, 9.17) is 15.7 Å². The molecule has 0 radical (unpaired) electrons. The quantitative estimate of drug-likeness (QED) is 0.383. The fraction of sp³-hybridized carbons (Fsp3) is 0.222. The third-order valence-electron chi connectivity index (χ3n) is 1.65. The Morgan fingerprint density at radius 1 is 1.60 bits per heavy atom. The van der Waals surface area contributed by atoms with Crippen molar-refractivity contribution in [2.75, 3.05) is 6.61 Å². The Bertz CT molecular complexity index is 371. The van der Waals surface area contributed by atoms with Crippen molar-refractivity contribution in [2.24, 2.45) is 10.9 Å². The highest BCUT2D eigenvalue weighted by Crippen LogP contribution is 2.20. The van der Waals surface area contributed by atoms with Crippen LogP contribution in [0.4, 0.5) is 4.39 Å². The number of benzene rings is 1. The highest BCUT2D eigenvalue weighted by atomic mass is 79.9. The van der Waals surface area contributed by atoms with E-state index in [1.165, 1.54) is 6.07 Å². The van der Waals surface area contributed by atoms with Crippen molar-refractivity contribution < 1.29 is 14.3 Å². The average molecular weight is 277 g/mol. The number of nitrogens with two attached hydrogens (primary N) is 1. The number of halogens is 2. The van der Waals surface area contributed by atoms with Crippen LogP contribution in [-0.4, -0.2) is 17.6 Å². The molecule has 0 unspecified atom stereocenters. The largest absolute Gasteiger partial charge is 0.493 e. The Morgan fingerprint density at radius 2 is 2.33 bits per heavy atom. The number of nitrogens with zero attached hydrogens (tertiary/aromatic N) is 1. The van der Waals surface area contributed by atoms with Gasteiger partial charge in [-0.2, -0.15) is 0 Å². The molecule has 1 aromatic rings. The number of hydrogen-bond donors (Lipinski definition) is 2. The Hall–Kier alpha value is -1.30. The molecule has 0 spiro atoms. The Balaban J connectivity index is 2.48. The van der Waals surface area contributed by atoms with Crippen molar-refractivity contribution in [3.63, 3.8) is 0 Å². The van der Waals surface area contributed by atoms with Crippen molar-refractivity contribution in [2.45, 2.75) is 6.42 Å². The van der Waals surface area contributed by atoms with Gasteiger partial charge in [-0.15, -0.1) is 0 Å². The van der Waals surface area contributed by atoms with Crippen molar-refractivity contribution in [1.82, 2.24) is 0 Å². The van der Waals surface area contributed by atoms with Crippen LogP contribution in [0.25, 0.3) is 0 Å². The number of oxime groups is 1. The lowest BCUT2D eigenvalue weighted by Crippen LogP contribution is -2.15. The van der Waals surface area contributed by atoms with Crippen LogP contribution >= 0.6 is 15.9 Å². The molecule has 0 atom stereocenters. The van der Waals surface area contributed by atoms with Gasteiger partial charge in [-0.1, -0.05) is 5.16 Å². The van der Waals surface area contributed by atoms with Gasteiger partial charge in [-0.3, -0.25) is 0 Å². The van der Waals surface area contributed by atoms with Gasteiger partial charge < -0.3 is 15.7 Å². The maximum Gasteiger partial charge on any atom is 0.142 e. The molecule has 0 aromatic heterocycles. The summed E-state index contributed by atoms with van der Waals surface area (Å²) in [6, 6.07) is 4.43. The lowest BCUT2D eigenvalue weighted by molar-refractivity contribution is 0.305. The molecule has 4 nitrogen and oxygen atoms in total. The van der Waals surface area contributed by atoms with Crippen LogP contribution in [0.15, 0.2) is 27.8 Å². The Kier molecular flexibility index (Phi) is 4.36. The first-order chi connectivity index (χ1) is 7.13. The van der Waals surface area contributed by atoms with Gasteiger partial charge in [0.15, 0.2) is 0 Å². The Labute approximate surface area is 94.7 Å². The molecule has 0 saturated carbocycles. The molecule has 0 bridgehead atoms. The predicted molar refractivity (Wildman–Crippen MR) is 57.6 cm³/mol. The van der Waals surface area contributed by atoms with E-state index in [-0.39, 0.29) is 18.9 Å². The molecule has 0 aliphatic carbocycles. The summed E-state index contributed by atoms with van der Waals surface area (Å²) in [4.78, 5) is 0. The maximum absolute atomic E-state index is 13.0. The van der Waals surface area contributed by atoms with Gasteiger partial charge in [-0.25, -0.2) is 4.39 Å². The Morgan fingerprint density at radius 3 is 2.93 bits per heavy atom. The zero-order valence-electron chi connectivity index (χ0n) is 7.78. The second-order valence-electron chi connectivity index (χ2n) is 2.77. The van der Waals surface area contributed by atoms with E-state index in [0.717, 1.165) is 0 Å². The zero-order chi connectivity index (χ0) is 11.3. The standard InChI is InChI=1S/C9H10BrFN2O2/c10-7-2-1-6(5-8(7)11)15-4-3-9(12)13-14/h1-2,5,14H,3-4H2,(H2,12,13). The minimum atomic E-state index is -0.392. The van der Waals surface area contributed by atoms with Crippen LogP contribution in [0.2, 0.25) is 0 Å². The first kappa shape index (κ1) is 11.8. The van der Waals surface area contributed by atoms with Crippen LogP contribution in [-0.2, 0) is 0 Å². The van der Waals surface area contributed by atoms with Crippen molar-refractivity contribution in [3.8, 4) is 5.75 Å². The van der Waals surface area contributed by atoms with E-state index in [9.17, 15) is 4.39 Å². The number of amidine groups is 1. The van der Waals surface area contributed by atoms with E-state index in [0.29, 0.717) is 10.2 Å². The first-order valence-electron chi connectivity index (χ1n) is 4.17. The van der Waals surface area contributed by atoms with E-state index in [2.05, 4.69) is 21.1 Å². The molecule has 0 fully saturated rings. The molecule has 3 N–H and O–H groups in total. The number of rotatable bonds is 4. The van der Waals surface area contributed by atoms with E-state index >= 15 is 0 Å². The number of hydrogen-bond acceptors (Lipinski definition) is 3. The summed E-state index contributed by atoms with van der Waals surface area (Å²) in [6.07, 6.45) is 0.286. The van der Waals surface area contributed by atoms with E-state index in [1.807, 2.05) is 0 Å². The lowest BCUT2D eigenvalue weighted by atomic mass is 10.3. The monoisotopic (exact) mass is 276 g/mol. The van der Waals surface area contributed by atoms with Gasteiger partial charge >= 0.3 is 0 Å². The normalized spacial score (nSPS) is 11.5. The van der Waals surface area contributed by atoms with Crippen molar-refractivity contribution in [3.05, 3.63) is 28.5 Å². The smallest absolute Gasteiger partial charge is 0.142 e. The third kappa shape index (κ3) is 3.75. The first-order valence-corrected chi connectivity index (χ1v) is 4.97. The maximum atomic E-state index is 13.0. The van der Waals surface area contributed by atoms with Crippen LogP contribution in [0.1, 0.15) is 6.42 Å². The van der Waals surface area contributed by atoms with Gasteiger partial charge in [0, 0.05) is 12.5 Å². The lowest BCUT2D eigenvalue weighted by Gasteiger charge is -2.05. The number of ether oxygens (including phenoxy) is 1. The molecule has 15 heavy (non-hydrogen) atoms. The summed E-state index contributed by atoms with van der Waals surface area (Å²) in [5.41, 5.74) is 5.23. The predicted octanol–water partition coefficient (Wildman–Crippen LogP) is 2.10. The summed E-state index contributed by atoms with van der Waals surface area (Å²) in [5.74, 6) is 0.0883. The summed E-state index contributed by atoms with van der Waals surface area (Å²) >= 11 is 3.03. The SMILES string of the molecule is NC(CCOc1ccc(Br)c(F)c1)=NO. The minimum Gasteiger partial charge on any atom is -0.493 e. The summed E-state index contributed by atoms with van der Waals surface area (Å²) in [5, 5.41) is 11.0. The van der Waals surface area contributed by atoms with Crippen LogP contribution in [0.5, 0.6) is 5.75 Å². The van der Waals surface area contributed by atoms with Crippen molar-refractivity contribution >= 4 is 21.8 Å². The van der Waals surface area contributed by atoms with Crippen molar-refractivity contribution in [1.29, 1.82) is 0 Å². The molecule has 0 amide bonds. The third-order valence-corrected chi connectivity index (χ3v) is 2.29. The highest BCUT2D eigenvalue weighted by Gasteiger charge is 2.01. The zero-order valence-corrected chi connectivity index (χ0v) is 9.37. The fourth-order valence-corrected chi connectivity index (χ4v) is 1.14. The van der Waals surface area contributed by atoms with Crippen LogP contribution < -0.4 is 10.5 Å². The van der Waals surface area contributed by atoms with E-state index < -0.39 is 5.82 Å². The molecular formula is C9H10BrFN2O2. The summed E-state index contributed by atoms with van der Waals surface area (Å²) < 4.78 is 18.6. The summed E-state index contributed by atoms with van der Waals surface area (Å²) in [6.45, 7) is 0.233. The molecule has 1 aromatic carbocycles. The molecule has 1 rings (SSSR count). The average Bonchev–Trinajstić information content (AvgIpc) is 2.23. The second-order valence-corrected chi connectivity index (χ2v) is 3.62. The molecular weight excluding hydrogens is 267 g/mol. The highest BCUT2D eigenvalue weighted by molar-refractivity contribution is 9.10. The van der Waals surface area contributed by atoms with Gasteiger partial charge in [-0.05, 0) is 28.1 Å². The van der Waals surface area contributed by atoms with Gasteiger partial charge in [0.2, 0.25) is 0 Å². The van der Waals surface area contributed by atoms with Gasteiger partial charge in [0.25, 0.3) is 0 Å². The fourth-order valence-electron chi connectivity index (χ4n) is 0.890. The molecule has 82 valence electrons. The van der Waals surface area contributed by atoms with Gasteiger partial charge in [0.1, 0.15) is 17.4 Å². The molecule has 0 heterocycles. The molecule has 6 heteroatoms. The minimum absolute atomic E-state index is 0.0765. The molecule has 0 aliphatic rings. The van der Waals surface area contributed by atoms with Crippen LogP contribution in [0, 0.1) is 5.82 Å². The topological polar surface area (TPSA) is 67.8 Å². The summed E-state index contributed by atoms with van der Waals surface area (Å²) in [7, 11) is 0.